The predicted molar refractivity (Wildman–Crippen MR) is 189 cm³/mol. The maximum atomic E-state index is 15.4. The van der Waals surface area contributed by atoms with E-state index in [0.29, 0.717) is 43.4 Å². The van der Waals surface area contributed by atoms with Crippen molar-refractivity contribution in [1.82, 2.24) is 35.1 Å². The first-order valence-corrected chi connectivity index (χ1v) is 17.2. The molecule has 16 heteroatoms. The molecule has 276 valence electrons. The number of ether oxygens (including phenoxy) is 1. The number of pyridine rings is 1. The van der Waals surface area contributed by atoms with Crippen molar-refractivity contribution in [3.8, 4) is 11.6 Å². The van der Waals surface area contributed by atoms with Gasteiger partial charge in [0.05, 0.1) is 12.0 Å². The number of aromatic nitrogens is 4. The Bertz CT molecular complexity index is 2090. The summed E-state index contributed by atoms with van der Waals surface area (Å²) in [5.74, 6) is -3.23. The van der Waals surface area contributed by atoms with Gasteiger partial charge >= 0.3 is 6.03 Å². The lowest BCUT2D eigenvalue weighted by atomic mass is 10.1. The Morgan fingerprint density at radius 1 is 0.962 bits per heavy atom. The van der Waals surface area contributed by atoms with Crippen LogP contribution in [0.3, 0.4) is 0 Å². The number of fused-ring (bicyclic) bond motifs is 1. The number of benzene rings is 2. The number of hydrogen-bond donors (Lipinski definition) is 4. The third-order valence-corrected chi connectivity index (χ3v) is 8.78. The Labute approximate surface area is 302 Å². The molecule has 1 aliphatic rings. The summed E-state index contributed by atoms with van der Waals surface area (Å²) in [6.45, 7) is 2.51. The number of carbonyl (C=O) groups is 3. The van der Waals surface area contributed by atoms with Crippen LogP contribution in [-0.4, -0.2) is 68.0 Å². The lowest BCUT2D eigenvalue weighted by molar-refractivity contribution is -0.119. The van der Waals surface area contributed by atoms with Gasteiger partial charge in [-0.1, -0.05) is 12.1 Å². The van der Waals surface area contributed by atoms with E-state index in [9.17, 15) is 23.2 Å². The van der Waals surface area contributed by atoms with E-state index in [1.165, 1.54) is 61.1 Å². The molecular formula is C37H38F3N9O4. The van der Waals surface area contributed by atoms with E-state index >= 15 is 4.39 Å². The van der Waals surface area contributed by atoms with E-state index < -0.39 is 35.4 Å². The van der Waals surface area contributed by atoms with Crippen LogP contribution in [0.5, 0.6) is 11.6 Å². The predicted octanol–water partition coefficient (Wildman–Crippen LogP) is 4.90. The highest BCUT2D eigenvalue weighted by Crippen LogP contribution is 2.32. The molecular weight excluding hydrogens is 691 g/mol. The highest BCUT2D eigenvalue weighted by molar-refractivity contribution is 6.01. The van der Waals surface area contributed by atoms with Gasteiger partial charge in [-0.2, -0.15) is 14.5 Å². The average Bonchev–Trinajstić information content (AvgIpc) is 3.48. The number of piperidine rings is 1. The van der Waals surface area contributed by atoms with E-state index in [2.05, 4.69) is 35.9 Å². The number of carbonyl (C=O) groups excluding carboxylic acids is 3. The molecule has 0 atom stereocenters. The summed E-state index contributed by atoms with van der Waals surface area (Å²) in [6.07, 6.45) is 6.04. The van der Waals surface area contributed by atoms with Crippen LogP contribution in [0.4, 0.5) is 23.7 Å². The van der Waals surface area contributed by atoms with Crippen LogP contribution in [0.2, 0.25) is 0 Å². The van der Waals surface area contributed by atoms with Gasteiger partial charge in [0, 0.05) is 42.8 Å². The van der Waals surface area contributed by atoms with Crippen molar-refractivity contribution in [3.63, 3.8) is 0 Å². The molecule has 1 aliphatic heterocycles. The number of imide groups is 1. The zero-order valence-electron chi connectivity index (χ0n) is 28.7. The van der Waals surface area contributed by atoms with Crippen molar-refractivity contribution in [1.29, 1.82) is 0 Å². The number of nitrogens with zero attached hydrogens (tertiary/aromatic N) is 5. The van der Waals surface area contributed by atoms with Gasteiger partial charge in [0.25, 0.3) is 5.91 Å². The van der Waals surface area contributed by atoms with E-state index in [1.807, 2.05) is 6.07 Å². The topological polar surface area (TPSA) is 169 Å². The molecule has 1 fully saturated rings. The molecule has 5 aromatic rings. The Hall–Kier alpha value is -5.87. The number of anilines is 1. The van der Waals surface area contributed by atoms with E-state index in [0.717, 1.165) is 43.3 Å². The summed E-state index contributed by atoms with van der Waals surface area (Å²) in [5, 5.41) is 11.8. The average molecular weight is 730 g/mol. The minimum atomic E-state index is -0.864. The number of hydrogen-bond acceptors (Lipinski definition) is 9. The third-order valence-electron chi connectivity index (χ3n) is 8.78. The van der Waals surface area contributed by atoms with Crippen molar-refractivity contribution in [3.05, 3.63) is 113 Å². The van der Waals surface area contributed by atoms with Crippen LogP contribution in [0, 0.1) is 17.6 Å². The van der Waals surface area contributed by atoms with Crippen molar-refractivity contribution in [2.45, 2.75) is 51.1 Å². The molecule has 1 saturated heterocycles. The maximum absolute atomic E-state index is 15.4. The minimum absolute atomic E-state index is 0.0745. The van der Waals surface area contributed by atoms with Gasteiger partial charge < -0.3 is 21.1 Å². The van der Waals surface area contributed by atoms with Crippen molar-refractivity contribution in [2.75, 3.05) is 25.0 Å². The monoisotopic (exact) mass is 729 g/mol. The highest BCUT2D eigenvalue weighted by Gasteiger charge is 2.22. The second-order valence-corrected chi connectivity index (χ2v) is 12.7. The Morgan fingerprint density at radius 3 is 2.51 bits per heavy atom. The standard InChI is InChI=1S/C37H38F3N9O4/c38-25-8-6-23(7-9-25)18-32(50)47-37(52)46-27-10-11-31(30(39)20-27)53-36-33-24(21-48-16-12-26(41)13-17-48)19-28(49(33)45-22-44-36)4-1-2-14-43-35(51)29-5-3-15-42-34(29)40/h3,5-11,15,19-20,22,26H,1-2,4,12-14,16-18,21,41H2,(H,43,51)(H2,46,47,50,52). The van der Waals surface area contributed by atoms with Gasteiger partial charge in [0.1, 0.15) is 17.7 Å². The molecule has 0 aliphatic carbocycles. The maximum Gasteiger partial charge on any atom is 0.325 e. The fraction of sp³-hybridized carbons (Fsp3) is 0.297. The molecule has 0 saturated carbocycles. The first kappa shape index (κ1) is 36.9. The van der Waals surface area contributed by atoms with Crippen LogP contribution >= 0.6 is 0 Å². The summed E-state index contributed by atoms with van der Waals surface area (Å²) >= 11 is 0. The van der Waals surface area contributed by atoms with Crippen molar-refractivity contribution < 1.29 is 32.3 Å². The SMILES string of the molecule is NC1CCN(Cc2cc(CCCCNC(=O)c3cccnc3F)n3ncnc(Oc4ccc(NC(=O)NC(=O)Cc5ccc(F)cc5)cc4F)c23)CC1. The molecule has 13 nitrogen and oxygen atoms in total. The number of likely N-dealkylation sites (tertiary alicyclic amines) is 1. The normalized spacial score (nSPS) is 13.5. The molecule has 0 radical (unpaired) electrons. The summed E-state index contributed by atoms with van der Waals surface area (Å²) in [4.78, 5) is 47.2. The summed E-state index contributed by atoms with van der Waals surface area (Å²) in [7, 11) is 0. The zero-order chi connectivity index (χ0) is 37.3. The number of nitrogens with one attached hydrogen (secondary N) is 3. The Kier molecular flexibility index (Phi) is 11.9. The number of nitrogens with two attached hydrogens (primary N) is 1. The smallest absolute Gasteiger partial charge is 0.325 e. The van der Waals surface area contributed by atoms with Crippen molar-refractivity contribution >= 4 is 29.0 Å². The van der Waals surface area contributed by atoms with Crippen LogP contribution < -0.4 is 26.4 Å². The summed E-state index contributed by atoms with van der Waals surface area (Å²) in [6, 6.07) is 13.3. The zero-order valence-corrected chi connectivity index (χ0v) is 28.7. The summed E-state index contributed by atoms with van der Waals surface area (Å²) in [5.41, 5.74) is 8.92. The highest BCUT2D eigenvalue weighted by atomic mass is 19.1. The second-order valence-electron chi connectivity index (χ2n) is 12.7. The van der Waals surface area contributed by atoms with Gasteiger partial charge in [0.15, 0.2) is 11.6 Å². The lowest BCUT2D eigenvalue weighted by Gasteiger charge is -2.29. The molecule has 4 heterocycles. The number of amides is 4. The lowest BCUT2D eigenvalue weighted by Crippen LogP contribution is -2.39. The largest absolute Gasteiger partial charge is 0.434 e. The van der Waals surface area contributed by atoms with Crippen LogP contribution in [0.15, 0.2) is 73.2 Å². The van der Waals surface area contributed by atoms with Crippen molar-refractivity contribution in [2.24, 2.45) is 5.73 Å². The van der Waals surface area contributed by atoms with E-state index in [1.54, 1.807) is 4.52 Å². The van der Waals surface area contributed by atoms with Crippen LogP contribution in [0.25, 0.3) is 5.52 Å². The number of urea groups is 1. The molecule has 2 aromatic carbocycles. The van der Waals surface area contributed by atoms with E-state index in [4.69, 9.17) is 10.5 Å². The molecule has 0 bridgehead atoms. The van der Waals surface area contributed by atoms with Gasteiger partial charge in [-0.15, -0.1) is 0 Å². The Morgan fingerprint density at radius 2 is 1.75 bits per heavy atom. The number of halogens is 3. The fourth-order valence-electron chi connectivity index (χ4n) is 6.06. The second kappa shape index (κ2) is 17.1. The number of unbranched alkanes of at least 4 members (excludes halogenated alkanes) is 1. The third kappa shape index (κ3) is 9.72. The van der Waals surface area contributed by atoms with Crippen LogP contribution in [-0.2, 0) is 24.2 Å². The minimum Gasteiger partial charge on any atom is -0.434 e. The molecule has 0 unspecified atom stereocenters. The first-order valence-electron chi connectivity index (χ1n) is 17.2. The molecule has 53 heavy (non-hydrogen) atoms. The quantitative estimate of drug-likeness (QED) is 0.0973. The van der Waals surface area contributed by atoms with Gasteiger partial charge in [-0.25, -0.2) is 23.1 Å². The molecule has 4 amide bonds. The van der Waals surface area contributed by atoms with Crippen LogP contribution in [0.1, 0.15) is 52.9 Å². The van der Waals surface area contributed by atoms with Gasteiger partial charge in [-0.05, 0) is 98.8 Å². The Balaban J connectivity index is 1.12. The van der Waals surface area contributed by atoms with E-state index in [-0.39, 0.29) is 35.3 Å². The van der Waals surface area contributed by atoms with Gasteiger partial charge in [0.2, 0.25) is 17.7 Å². The van der Waals surface area contributed by atoms with Gasteiger partial charge in [-0.3, -0.25) is 19.8 Å². The number of rotatable bonds is 13. The molecule has 5 N–H and O–H groups in total. The molecule has 3 aromatic heterocycles. The molecule has 6 rings (SSSR count). The fourth-order valence-corrected chi connectivity index (χ4v) is 6.06. The number of aryl methyl sites for hydroxylation is 1. The first-order chi connectivity index (χ1) is 25.6. The summed E-state index contributed by atoms with van der Waals surface area (Å²) < 4.78 is 50.1. The molecule has 0 spiro atoms.